The molecule has 5 heterocycles. The average molecular weight is 509 g/mol. The van der Waals surface area contributed by atoms with Crippen LogP contribution in [-0.4, -0.2) is 50.4 Å². The van der Waals surface area contributed by atoms with E-state index >= 15 is 0 Å². The van der Waals surface area contributed by atoms with Crippen molar-refractivity contribution in [3.63, 3.8) is 0 Å². The number of rotatable bonds is 7. The van der Waals surface area contributed by atoms with Crippen LogP contribution in [-0.2, 0) is 26.7 Å². The van der Waals surface area contributed by atoms with Crippen molar-refractivity contribution in [1.82, 2.24) is 23.7 Å². The van der Waals surface area contributed by atoms with E-state index in [1.807, 2.05) is 37.0 Å². The van der Waals surface area contributed by atoms with Gasteiger partial charge in [-0.2, -0.15) is 0 Å². The second-order valence-electron chi connectivity index (χ2n) is 9.76. The third-order valence-electron chi connectivity index (χ3n) is 7.46. The maximum absolute atomic E-state index is 11.0. The van der Waals surface area contributed by atoms with E-state index in [2.05, 4.69) is 69.2 Å². The molecule has 2 aliphatic rings. The summed E-state index contributed by atoms with van der Waals surface area (Å²) in [7, 11) is 3.92. The van der Waals surface area contributed by atoms with Gasteiger partial charge >= 0.3 is 0 Å². The predicted octanol–water partition coefficient (Wildman–Crippen LogP) is 5.04. The fourth-order valence-electron chi connectivity index (χ4n) is 5.25. The highest BCUT2D eigenvalue weighted by atomic mass is 32.2. The summed E-state index contributed by atoms with van der Waals surface area (Å²) < 4.78 is 6.60. The maximum atomic E-state index is 11.0. The largest absolute Gasteiger partial charge is 0.351 e. The Labute approximate surface area is 220 Å². The van der Waals surface area contributed by atoms with Crippen molar-refractivity contribution in [3.05, 3.63) is 65.4 Å². The molecular weight excluding hydrogens is 468 g/mol. The predicted molar refractivity (Wildman–Crippen MR) is 148 cm³/mol. The van der Waals surface area contributed by atoms with Crippen LogP contribution in [0, 0.1) is 6.92 Å². The number of anilines is 1. The van der Waals surface area contributed by atoms with E-state index < -0.39 is 0 Å². The fraction of sp³-hybridized carbons (Fsp3) is 0.500. The van der Waals surface area contributed by atoms with Crippen LogP contribution in [0.15, 0.2) is 47.6 Å². The van der Waals surface area contributed by atoms with Crippen molar-refractivity contribution < 1.29 is 4.79 Å². The Balaban J connectivity index is 0.000000170. The summed E-state index contributed by atoms with van der Waals surface area (Å²) in [6, 6.07) is 11.7. The lowest BCUT2D eigenvalue weighted by molar-refractivity contribution is 0.111. The number of nitrogens with zero attached hydrogens (tertiary/aromatic N) is 5. The molecule has 7 nitrogen and oxygen atoms in total. The molecule has 36 heavy (non-hydrogen) atoms. The summed E-state index contributed by atoms with van der Waals surface area (Å²) in [4.78, 5) is 19.3. The SMILES string of the molecule is CCC1CCC(C)N1c1ncccc1CNC.Cc1c(SN2CCn3cccc3C2)cc(C=O)n1C. The first-order valence-electron chi connectivity index (χ1n) is 13.0. The van der Waals surface area contributed by atoms with Crippen LogP contribution in [0.2, 0.25) is 0 Å². The smallest absolute Gasteiger partial charge is 0.166 e. The number of hydrogen-bond donors (Lipinski definition) is 1. The number of nitrogens with one attached hydrogen (secondary N) is 1. The van der Waals surface area contributed by atoms with E-state index in [1.165, 1.54) is 41.2 Å². The Morgan fingerprint density at radius 1 is 1.22 bits per heavy atom. The molecule has 2 unspecified atom stereocenters. The molecule has 194 valence electrons. The third-order valence-corrected chi connectivity index (χ3v) is 8.64. The van der Waals surface area contributed by atoms with Gasteiger partial charge in [0.15, 0.2) is 6.29 Å². The maximum Gasteiger partial charge on any atom is 0.166 e. The van der Waals surface area contributed by atoms with Gasteiger partial charge in [0.2, 0.25) is 0 Å². The lowest BCUT2D eigenvalue weighted by atomic mass is 10.1. The molecule has 0 aromatic carbocycles. The molecule has 0 amide bonds. The molecule has 8 heteroatoms. The van der Waals surface area contributed by atoms with Gasteiger partial charge in [-0.3, -0.25) is 4.79 Å². The van der Waals surface area contributed by atoms with Gasteiger partial charge in [0.1, 0.15) is 5.82 Å². The molecule has 2 aliphatic heterocycles. The molecular formula is C28H40N6OS. The molecule has 1 N–H and O–H groups in total. The van der Waals surface area contributed by atoms with Crippen molar-refractivity contribution in [2.24, 2.45) is 7.05 Å². The van der Waals surface area contributed by atoms with Crippen LogP contribution in [0.1, 0.15) is 60.5 Å². The van der Waals surface area contributed by atoms with Crippen molar-refractivity contribution >= 4 is 24.1 Å². The molecule has 1 fully saturated rings. The van der Waals surface area contributed by atoms with E-state index in [9.17, 15) is 4.79 Å². The number of pyridine rings is 1. The van der Waals surface area contributed by atoms with Gasteiger partial charge in [-0.15, -0.1) is 0 Å². The van der Waals surface area contributed by atoms with E-state index in [-0.39, 0.29) is 0 Å². The molecule has 0 saturated carbocycles. The highest BCUT2D eigenvalue weighted by molar-refractivity contribution is 7.97. The summed E-state index contributed by atoms with van der Waals surface area (Å²) in [5, 5.41) is 3.23. The minimum Gasteiger partial charge on any atom is -0.351 e. The van der Waals surface area contributed by atoms with Crippen molar-refractivity contribution in [2.75, 3.05) is 18.5 Å². The quantitative estimate of drug-likeness (QED) is 0.357. The summed E-state index contributed by atoms with van der Waals surface area (Å²) >= 11 is 1.75. The number of aromatic nitrogens is 3. The van der Waals surface area contributed by atoms with Gasteiger partial charge in [-0.05, 0) is 76.4 Å². The normalized spacial score (nSPS) is 19.6. The zero-order valence-corrected chi connectivity index (χ0v) is 23.1. The third kappa shape index (κ3) is 5.71. The Kier molecular flexibility index (Phi) is 8.93. The van der Waals surface area contributed by atoms with Gasteiger partial charge in [-0.1, -0.05) is 13.0 Å². The van der Waals surface area contributed by atoms with Crippen molar-refractivity contribution in [2.45, 2.75) is 76.6 Å². The van der Waals surface area contributed by atoms with Gasteiger partial charge in [-0.25, -0.2) is 9.29 Å². The van der Waals surface area contributed by atoms with Crippen molar-refractivity contribution in [1.29, 1.82) is 0 Å². The summed E-state index contributed by atoms with van der Waals surface area (Å²) in [6.07, 6.45) is 8.75. The van der Waals surface area contributed by atoms with Crippen LogP contribution in [0.4, 0.5) is 5.82 Å². The highest BCUT2D eigenvalue weighted by Crippen LogP contribution is 2.33. The van der Waals surface area contributed by atoms with E-state index in [0.717, 1.165) is 43.9 Å². The van der Waals surface area contributed by atoms with Crippen LogP contribution in [0.25, 0.3) is 0 Å². The molecule has 2 atom stereocenters. The molecule has 0 aliphatic carbocycles. The van der Waals surface area contributed by atoms with Gasteiger partial charge < -0.3 is 19.4 Å². The van der Waals surface area contributed by atoms with Gasteiger partial charge in [0.25, 0.3) is 0 Å². The first-order valence-corrected chi connectivity index (χ1v) is 13.8. The molecule has 0 spiro atoms. The minimum atomic E-state index is 0.616. The van der Waals surface area contributed by atoms with Crippen LogP contribution >= 0.6 is 11.9 Å². The van der Waals surface area contributed by atoms with Crippen LogP contribution < -0.4 is 10.2 Å². The zero-order chi connectivity index (χ0) is 25.7. The summed E-state index contributed by atoms with van der Waals surface area (Å²) in [6.45, 7) is 10.5. The number of carbonyl (C=O) groups is 1. The zero-order valence-electron chi connectivity index (χ0n) is 22.3. The van der Waals surface area contributed by atoms with E-state index in [0.29, 0.717) is 12.1 Å². The molecule has 1 saturated heterocycles. The monoisotopic (exact) mass is 508 g/mol. The topological polar surface area (TPSA) is 58.3 Å². The number of hydrogen-bond acceptors (Lipinski definition) is 6. The fourth-order valence-corrected chi connectivity index (χ4v) is 6.34. The lowest BCUT2D eigenvalue weighted by Crippen LogP contribution is -2.35. The number of carbonyl (C=O) groups excluding carboxylic acids is 1. The standard InChI is InChI=1S/C14H17N3OS.C14H23N3/c1-11-14(8-13(10-18)15(11)2)19-17-7-6-16-5-3-4-12(16)9-17;1-4-13-8-7-11(2)17(13)14-12(10-15-3)6-5-9-16-14/h3-5,8,10H,6-7,9H2,1-2H3;5-6,9,11,13,15H,4,7-8,10H2,1-3H3. The minimum absolute atomic E-state index is 0.616. The summed E-state index contributed by atoms with van der Waals surface area (Å²) in [5.41, 5.74) is 4.54. The molecule has 5 rings (SSSR count). The summed E-state index contributed by atoms with van der Waals surface area (Å²) in [5.74, 6) is 1.18. The second kappa shape index (κ2) is 12.1. The van der Waals surface area contributed by atoms with E-state index in [4.69, 9.17) is 0 Å². The Bertz CT molecular complexity index is 1150. The lowest BCUT2D eigenvalue weighted by Gasteiger charge is -2.30. The highest BCUT2D eigenvalue weighted by Gasteiger charge is 2.31. The first kappa shape index (κ1) is 26.5. The van der Waals surface area contributed by atoms with Crippen LogP contribution in [0.3, 0.4) is 0 Å². The number of aldehydes is 1. The first-order chi connectivity index (χ1) is 17.5. The molecule has 3 aromatic rings. The Morgan fingerprint density at radius 3 is 2.78 bits per heavy atom. The van der Waals surface area contributed by atoms with Gasteiger partial charge in [0, 0.05) is 79.6 Å². The molecule has 0 radical (unpaired) electrons. The average Bonchev–Trinajstić information content (AvgIpc) is 3.58. The molecule has 3 aromatic heterocycles. The van der Waals surface area contributed by atoms with Crippen molar-refractivity contribution in [3.8, 4) is 0 Å². The Hall–Kier alpha value is -2.55. The van der Waals surface area contributed by atoms with Gasteiger partial charge in [0.05, 0.1) is 5.69 Å². The Morgan fingerprint density at radius 2 is 2.06 bits per heavy atom. The number of fused-ring (bicyclic) bond motifs is 1. The second-order valence-corrected chi connectivity index (χ2v) is 10.9. The molecule has 0 bridgehead atoms. The van der Waals surface area contributed by atoms with E-state index in [1.54, 1.807) is 11.9 Å². The van der Waals surface area contributed by atoms with Crippen LogP contribution in [0.5, 0.6) is 0 Å².